The fourth-order valence-corrected chi connectivity index (χ4v) is 1.78. The van der Waals surface area contributed by atoms with Gasteiger partial charge >= 0.3 is 5.97 Å². The second-order valence-electron chi connectivity index (χ2n) is 4.15. The summed E-state index contributed by atoms with van der Waals surface area (Å²) in [6.07, 6.45) is 1.08. The van der Waals surface area contributed by atoms with Crippen LogP contribution in [0.5, 0.6) is 0 Å². The monoisotopic (exact) mass is 289 g/mol. The Balaban J connectivity index is 2.33. The van der Waals surface area contributed by atoms with Crippen molar-refractivity contribution in [3.05, 3.63) is 58.4 Å². The molecule has 2 N–H and O–H groups in total. The van der Waals surface area contributed by atoms with Crippen LogP contribution in [0.2, 0.25) is 0 Å². The number of rotatable bonds is 5. The summed E-state index contributed by atoms with van der Waals surface area (Å²) < 4.78 is 0. The van der Waals surface area contributed by atoms with E-state index >= 15 is 0 Å². The lowest BCUT2D eigenvalue weighted by molar-refractivity contribution is -0.384. The fraction of sp³-hybridized carbons (Fsp3) is 0.0769. The number of para-hydroxylation sites is 1. The highest BCUT2D eigenvalue weighted by molar-refractivity contribution is 6.07. The minimum Gasteiger partial charge on any atom is -0.480 e. The van der Waals surface area contributed by atoms with Crippen molar-refractivity contribution >= 4 is 23.3 Å². The van der Waals surface area contributed by atoms with Crippen molar-refractivity contribution < 1.29 is 19.6 Å². The summed E-state index contributed by atoms with van der Waals surface area (Å²) in [7, 11) is 0. The maximum absolute atomic E-state index is 12.3. The number of aromatic nitrogens is 1. The van der Waals surface area contributed by atoms with Gasteiger partial charge in [-0.15, -0.1) is 0 Å². The molecule has 0 spiro atoms. The number of carbonyl (C=O) groups excluding carboxylic acids is 1. The number of carboxylic acid groups (broad SMARTS) is 1. The maximum atomic E-state index is 12.3. The highest BCUT2D eigenvalue weighted by atomic mass is 16.6. The Labute approximate surface area is 118 Å². The highest BCUT2D eigenvalue weighted by Crippen LogP contribution is 2.19. The normalized spacial score (nSPS) is 10.1. The van der Waals surface area contributed by atoms with Gasteiger partial charge in [0.05, 0.1) is 11.1 Å². The SMILES string of the molecule is O=C(O)CN(C(=O)c1cc([N+](=O)[O-])c[nH]1)c1ccccc1. The molecular formula is C13H11N3O5. The number of hydrogen-bond acceptors (Lipinski definition) is 4. The molecule has 0 saturated heterocycles. The van der Waals surface area contributed by atoms with Crippen LogP contribution in [-0.2, 0) is 4.79 Å². The van der Waals surface area contributed by atoms with Crippen molar-refractivity contribution in [2.75, 3.05) is 11.4 Å². The van der Waals surface area contributed by atoms with Crippen molar-refractivity contribution in [2.24, 2.45) is 0 Å². The van der Waals surface area contributed by atoms with Crippen molar-refractivity contribution in [3.63, 3.8) is 0 Å². The molecule has 0 aliphatic carbocycles. The van der Waals surface area contributed by atoms with Crippen LogP contribution in [0.1, 0.15) is 10.5 Å². The molecule has 21 heavy (non-hydrogen) atoms. The first-order valence-electron chi connectivity index (χ1n) is 5.90. The molecule has 0 fully saturated rings. The summed E-state index contributed by atoms with van der Waals surface area (Å²) >= 11 is 0. The number of hydrogen-bond donors (Lipinski definition) is 2. The van der Waals surface area contributed by atoms with E-state index in [1.807, 2.05) is 0 Å². The highest BCUT2D eigenvalue weighted by Gasteiger charge is 2.23. The smallest absolute Gasteiger partial charge is 0.323 e. The maximum Gasteiger partial charge on any atom is 0.323 e. The average molecular weight is 289 g/mol. The lowest BCUT2D eigenvalue weighted by Crippen LogP contribution is -2.35. The molecule has 0 radical (unpaired) electrons. The van der Waals surface area contributed by atoms with Gasteiger partial charge in [-0.3, -0.25) is 24.6 Å². The van der Waals surface area contributed by atoms with Gasteiger partial charge in [0.15, 0.2) is 0 Å². The van der Waals surface area contributed by atoms with Crippen LogP contribution >= 0.6 is 0 Å². The van der Waals surface area contributed by atoms with Crippen molar-refractivity contribution in [2.45, 2.75) is 0 Å². The summed E-state index contributed by atoms with van der Waals surface area (Å²) in [6, 6.07) is 9.28. The van der Waals surface area contributed by atoms with E-state index in [2.05, 4.69) is 4.98 Å². The molecule has 1 aromatic heterocycles. The van der Waals surface area contributed by atoms with Gasteiger partial charge in [0.25, 0.3) is 11.6 Å². The zero-order chi connectivity index (χ0) is 15.4. The quantitative estimate of drug-likeness (QED) is 0.641. The fourth-order valence-electron chi connectivity index (χ4n) is 1.78. The summed E-state index contributed by atoms with van der Waals surface area (Å²) in [6.45, 7) is -0.546. The van der Waals surface area contributed by atoms with Crippen LogP contribution in [0.4, 0.5) is 11.4 Å². The van der Waals surface area contributed by atoms with Crippen molar-refractivity contribution in [3.8, 4) is 0 Å². The first-order valence-corrected chi connectivity index (χ1v) is 5.90. The third kappa shape index (κ3) is 3.24. The number of nitrogens with one attached hydrogen (secondary N) is 1. The zero-order valence-electron chi connectivity index (χ0n) is 10.7. The second kappa shape index (κ2) is 5.87. The lowest BCUT2D eigenvalue weighted by atomic mass is 10.2. The largest absolute Gasteiger partial charge is 0.480 e. The van der Waals surface area contributed by atoms with Crippen molar-refractivity contribution in [1.82, 2.24) is 4.98 Å². The molecule has 1 heterocycles. The molecule has 2 aromatic rings. The molecule has 8 heteroatoms. The second-order valence-corrected chi connectivity index (χ2v) is 4.15. The Kier molecular flexibility index (Phi) is 3.98. The average Bonchev–Trinajstić information content (AvgIpc) is 2.95. The van der Waals surface area contributed by atoms with Gasteiger partial charge in [-0.2, -0.15) is 0 Å². The van der Waals surface area contributed by atoms with E-state index in [4.69, 9.17) is 5.11 Å². The molecule has 0 aliphatic heterocycles. The number of amides is 1. The number of benzene rings is 1. The number of anilines is 1. The topological polar surface area (TPSA) is 117 Å². The summed E-state index contributed by atoms with van der Waals surface area (Å²) in [5, 5.41) is 19.5. The predicted molar refractivity (Wildman–Crippen MR) is 73.2 cm³/mol. The number of carboxylic acids is 1. The number of nitrogens with zero attached hydrogens (tertiary/aromatic N) is 2. The first-order chi connectivity index (χ1) is 9.99. The Morgan fingerprint density at radius 1 is 1.29 bits per heavy atom. The third-order valence-corrected chi connectivity index (χ3v) is 2.72. The first kappa shape index (κ1) is 14.3. The van der Waals surface area contributed by atoms with Crippen LogP contribution in [0, 0.1) is 10.1 Å². The molecule has 1 amide bonds. The van der Waals surface area contributed by atoms with E-state index in [-0.39, 0.29) is 11.4 Å². The standard InChI is InChI=1S/C13H11N3O5/c17-12(18)8-15(9-4-2-1-3-5-9)13(19)11-6-10(7-14-11)16(20)21/h1-7,14H,8H2,(H,17,18). The van der Waals surface area contributed by atoms with E-state index in [1.165, 1.54) is 0 Å². The lowest BCUT2D eigenvalue weighted by Gasteiger charge is -2.19. The van der Waals surface area contributed by atoms with E-state index < -0.39 is 23.3 Å². The van der Waals surface area contributed by atoms with Crippen LogP contribution in [-0.4, -0.2) is 33.4 Å². The molecule has 0 unspecified atom stereocenters. The number of aliphatic carboxylic acids is 1. The summed E-state index contributed by atoms with van der Waals surface area (Å²) in [4.78, 5) is 36.7. The van der Waals surface area contributed by atoms with Crippen LogP contribution in [0.15, 0.2) is 42.6 Å². The summed E-state index contributed by atoms with van der Waals surface area (Å²) in [5.74, 6) is -1.84. The Morgan fingerprint density at radius 3 is 2.48 bits per heavy atom. The van der Waals surface area contributed by atoms with Crippen molar-refractivity contribution in [1.29, 1.82) is 0 Å². The van der Waals surface area contributed by atoms with Gasteiger partial charge in [0.1, 0.15) is 12.2 Å². The third-order valence-electron chi connectivity index (χ3n) is 2.72. The zero-order valence-corrected chi connectivity index (χ0v) is 10.7. The van der Waals surface area contributed by atoms with Crippen LogP contribution < -0.4 is 4.90 Å². The number of nitro groups is 1. The van der Waals surface area contributed by atoms with Crippen LogP contribution in [0.25, 0.3) is 0 Å². The Morgan fingerprint density at radius 2 is 1.95 bits per heavy atom. The molecule has 0 saturated carbocycles. The number of H-pyrrole nitrogens is 1. The predicted octanol–water partition coefficient (Wildman–Crippen LogP) is 1.65. The molecule has 8 nitrogen and oxygen atoms in total. The number of aromatic amines is 1. The molecule has 1 aromatic carbocycles. The van der Waals surface area contributed by atoms with Gasteiger partial charge < -0.3 is 10.1 Å². The minimum atomic E-state index is -1.19. The molecule has 2 rings (SSSR count). The van der Waals surface area contributed by atoms with Gasteiger partial charge in [-0.25, -0.2) is 0 Å². The van der Waals surface area contributed by atoms with E-state index in [1.54, 1.807) is 30.3 Å². The van der Waals surface area contributed by atoms with E-state index in [9.17, 15) is 19.7 Å². The Bertz CT molecular complexity index is 680. The number of carbonyl (C=O) groups is 2. The van der Waals surface area contributed by atoms with Gasteiger partial charge in [0, 0.05) is 11.8 Å². The van der Waals surface area contributed by atoms with Gasteiger partial charge in [-0.1, -0.05) is 18.2 Å². The minimum absolute atomic E-state index is 0.0493. The Hall–Kier alpha value is -3.16. The van der Waals surface area contributed by atoms with E-state index in [0.717, 1.165) is 17.2 Å². The van der Waals surface area contributed by atoms with Gasteiger partial charge in [0.2, 0.25) is 0 Å². The van der Waals surface area contributed by atoms with E-state index in [0.29, 0.717) is 5.69 Å². The molecule has 0 atom stereocenters. The molecule has 0 aliphatic rings. The molecule has 0 bridgehead atoms. The molecule has 108 valence electrons. The van der Waals surface area contributed by atoms with Gasteiger partial charge in [-0.05, 0) is 12.1 Å². The summed E-state index contributed by atoms with van der Waals surface area (Å²) in [5.41, 5.74) is 0.0793. The van der Waals surface area contributed by atoms with Crippen LogP contribution in [0.3, 0.4) is 0 Å². The molecular weight excluding hydrogens is 278 g/mol.